The van der Waals surface area contributed by atoms with Gasteiger partial charge in [0, 0.05) is 48.0 Å². The Balaban J connectivity index is 1.52. The molecular formula is C30H34N2O4. The van der Waals surface area contributed by atoms with Gasteiger partial charge in [-0.2, -0.15) is 0 Å². The van der Waals surface area contributed by atoms with Gasteiger partial charge in [0.25, 0.3) is 5.91 Å². The Morgan fingerprint density at radius 2 is 1.78 bits per heavy atom. The van der Waals surface area contributed by atoms with Crippen molar-refractivity contribution in [2.45, 2.75) is 58.0 Å². The lowest BCUT2D eigenvalue weighted by molar-refractivity contribution is -0.128. The predicted octanol–water partition coefficient (Wildman–Crippen LogP) is 5.25. The molecule has 5 rings (SSSR count). The van der Waals surface area contributed by atoms with Crippen molar-refractivity contribution in [2.75, 3.05) is 20.2 Å². The van der Waals surface area contributed by atoms with E-state index in [1.54, 1.807) is 7.11 Å². The maximum absolute atomic E-state index is 13.8. The summed E-state index contributed by atoms with van der Waals surface area (Å²) in [6.07, 6.45) is 5.34. The van der Waals surface area contributed by atoms with E-state index in [4.69, 9.17) is 9.47 Å². The molecule has 3 aliphatic rings. The number of carbonyl (C=O) groups is 2. The maximum Gasteiger partial charge on any atom is 0.252 e. The molecule has 2 aromatic carbocycles. The largest absolute Gasteiger partial charge is 0.493 e. The summed E-state index contributed by atoms with van der Waals surface area (Å²) in [5, 5.41) is 3.43. The summed E-state index contributed by atoms with van der Waals surface area (Å²) in [4.78, 5) is 29.0. The van der Waals surface area contributed by atoms with Crippen LogP contribution in [0.5, 0.6) is 11.5 Å². The third-order valence-corrected chi connectivity index (χ3v) is 7.41. The van der Waals surface area contributed by atoms with Gasteiger partial charge in [0.2, 0.25) is 0 Å². The lowest BCUT2D eigenvalue weighted by Gasteiger charge is -2.37. The van der Waals surface area contributed by atoms with E-state index < -0.39 is 5.92 Å². The number of ketones is 1. The summed E-state index contributed by atoms with van der Waals surface area (Å²) in [6, 6.07) is 15.8. The van der Waals surface area contributed by atoms with Crippen molar-refractivity contribution >= 4 is 11.7 Å². The third kappa shape index (κ3) is 4.77. The Morgan fingerprint density at radius 1 is 1.00 bits per heavy atom. The summed E-state index contributed by atoms with van der Waals surface area (Å²) < 4.78 is 11.8. The van der Waals surface area contributed by atoms with E-state index in [1.807, 2.05) is 60.4 Å². The molecule has 0 saturated carbocycles. The molecule has 1 saturated heterocycles. The number of rotatable bonds is 6. The van der Waals surface area contributed by atoms with Crippen LogP contribution < -0.4 is 14.8 Å². The molecule has 0 aromatic heterocycles. The van der Waals surface area contributed by atoms with Gasteiger partial charge >= 0.3 is 0 Å². The summed E-state index contributed by atoms with van der Waals surface area (Å²) in [5.41, 5.74) is 5.14. The number of methoxy groups -OCH3 is 1. The van der Waals surface area contributed by atoms with E-state index >= 15 is 0 Å². The van der Waals surface area contributed by atoms with Gasteiger partial charge in [-0.3, -0.25) is 9.59 Å². The number of likely N-dealkylation sites (tertiary alicyclic amines) is 1. The highest BCUT2D eigenvalue weighted by molar-refractivity contribution is 6.05. The van der Waals surface area contributed by atoms with Crippen molar-refractivity contribution in [3.8, 4) is 11.5 Å². The number of ether oxygens (including phenoxy) is 2. The van der Waals surface area contributed by atoms with E-state index in [2.05, 4.69) is 5.32 Å². The molecule has 2 aromatic rings. The highest BCUT2D eigenvalue weighted by atomic mass is 16.5. The molecule has 0 unspecified atom stereocenters. The minimum absolute atomic E-state index is 0.0259. The van der Waals surface area contributed by atoms with Gasteiger partial charge in [0.15, 0.2) is 17.3 Å². The zero-order valence-electron chi connectivity index (χ0n) is 21.1. The second kappa shape index (κ2) is 10.6. The van der Waals surface area contributed by atoms with Gasteiger partial charge in [0.1, 0.15) is 6.61 Å². The standard InChI is InChI=1S/C30H34N2O4/c1-20-27(30(34)32-16-7-4-8-17-32)28(29-23(31-20)12-9-13-24(29)33)22-14-15-25(26(18-22)35-2)36-19-21-10-5-3-6-11-21/h3,5-6,10-11,14-15,18,28,31H,4,7-9,12-13,16-17,19H2,1-2H3/t28-/m0/s1. The minimum Gasteiger partial charge on any atom is -0.493 e. The number of hydrogen-bond donors (Lipinski definition) is 1. The van der Waals surface area contributed by atoms with Crippen molar-refractivity contribution in [1.29, 1.82) is 0 Å². The van der Waals surface area contributed by atoms with E-state index in [0.717, 1.165) is 73.3 Å². The van der Waals surface area contributed by atoms with Gasteiger partial charge in [-0.25, -0.2) is 0 Å². The smallest absolute Gasteiger partial charge is 0.252 e. The van der Waals surface area contributed by atoms with E-state index in [9.17, 15) is 9.59 Å². The molecule has 0 radical (unpaired) electrons. The molecule has 36 heavy (non-hydrogen) atoms. The fourth-order valence-electron chi connectivity index (χ4n) is 5.59. The lowest BCUT2D eigenvalue weighted by Crippen LogP contribution is -2.42. The van der Waals surface area contributed by atoms with Crippen molar-refractivity contribution in [1.82, 2.24) is 10.2 Å². The Bertz CT molecular complexity index is 1210. The molecule has 6 nitrogen and oxygen atoms in total. The fraction of sp³-hybridized carbons (Fsp3) is 0.400. The number of piperidine rings is 1. The zero-order chi connectivity index (χ0) is 25.1. The number of amides is 1. The van der Waals surface area contributed by atoms with Gasteiger partial charge in [0.05, 0.1) is 7.11 Å². The molecule has 1 amide bonds. The molecular weight excluding hydrogens is 452 g/mol. The summed E-state index contributed by atoms with van der Waals surface area (Å²) in [7, 11) is 1.62. The van der Waals surface area contributed by atoms with Crippen LogP contribution in [0, 0.1) is 0 Å². The number of carbonyl (C=O) groups excluding carboxylic acids is 2. The summed E-state index contributed by atoms with van der Waals surface area (Å²) in [5.74, 6) is 0.953. The topological polar surface area (TPSA) is 67.9 Å². The molecule has 0 spiro atoms. The van der Waals surface area contributed by atoms with Crippen LogP contribution in [0.3, 0.4) is 0 Å². The van der Waals surface area contributed by atoms with E-state index in [1.165, 1.54) is 0 Å². The Kier molecular flexibility index (Phi) is 7.12. The summed E-state index contributed by atoms with van der Waals surface area (Å²) in [6.45, 7) is 3.91. The fourth-order valence-corrected chi connectivity index (χ4v) is 5.59. The molecule has 1 fully saturated rings. The van der Waals surface area contributed by atoms with Crippen molar-refractivity contribution in [3.05, 3.63) is 82.2 Å². The average molecular weight is 487 g/mol. The van der Waals surface area contributed by atoms with Crippen LogP contribution >= 0.6 is 0 Å². The van der Waals surface area contributed by atoms with Crippen LogP contribution in [0.4, 0.5) is 0 Å². The molecule has 2 heterocycles. The number of Topliss-reactive ketones (excluding diaryl/α,β-unsaturated/α-hetero) is 1. The van der Waals surface area contributed by atoms with Crippen LogP contribution in [-0.2, 0) is 16.2 Å². The number of nitrogens with one attached hydrogen (secondary N) is 1. The number of allylic oxidation sites excluding steroid dienone is 3. The Labute approximate surface area is 213 Å². The molecule has 1 aliphatic carbocycles. The first-order chi connectivity index (χ1) is 17.6. The second-order valence-corrected chi connectivity index (χ2v) is 9.80. The first-order valence-electron chi connectivity index (χ1n) is 12.9. The van der Waals surface area contributed by atoms with E-state index in [-0.39, 0.29) is 11.7 Å². The molecule has 0 bridgehead atoms. The maximum atomic E-state index is 13.8. The van der Waals surface area contributed by atoms with Crippen molar-refractivity contribution in [3.63, 3.8) is 0 Å². The molecule has 188 valence electrons. The Hall–Kier alpha value is -3.54. The van der Waals surface area contributed by atoms with Gasteiger partial charge < -0.3 is 19.7 Å². The Morgan fingerprint density at radius 3 is 2.53 bits per heavy atom. The average Bonchev–Trinajstić information content (AvgIpc) is 2.92. The van der Waals surface area contributed by atoms with Gasteiger partial charge in [-0.05, 0) is 62.3 Å². The highest BCUT2D eigenvalue weighted by Gasteiger charge is 2.40. The monoisotopic (exact) mass is 486 g/mol. The summed E-state index contributed by atoms with van der Waals surface area (Å²) >= 11 is 0. The number of nitrogens with zero attached hydrogens (tertiary/aromatic N) is 1. The molecule has 1 N–H and O–H groups in total. The molecule has 1 atom stereocenters. The molecule has 6 heteroatoms. The van der Waals surface area contributed by atoms with Crippen LogP contribution in [0.15, 0.2) is 71.1 Å². The normalized spacial score (nSPS) is 20.1. The second-order valence-electron chi connectivity index (χ2n) is 9.80. The van der Waals surface area contributed by atoms with Crippen molar-refractivity contribution < 1.29 is 19.1 Å². The van der Waals surface area contributed by atoms with Gasteiger partial charge in [-0.1, -0.05) is 36.4 Å². The van der Waals surface area contributed by atoms with Crippen LogP contribution in [0.25, 0.3) is 0 Å². The first kappa shape index (κ1) is 24.2. The zero-order valence-corrected chi connectivity index (χ0v) is 21.1. The van der Waals surface area contributed by atoms with E-state index in [0.29, 0.717) is 30.1 Å². The van der Waals surface area contributed by atoms with Crippen LogP contribution in [0.1, 0.15) is 62.5 Å². The molecule has 2 aliphatic heterocycles. The van der Waals surface area contributed by atoms with Gasteiger partial charge in [-0.15, -0.1) is 0 Å². The number of hydrogen-bond acceptors (Lipinski definition) is 5. The van der Waals surface area contributed by atoms with Crippen LogP contribution in [-0.4, -0.2) is 36.8 Å². The highest BCUT2D eigenvalue weighted by Crippen LogP contribution is 2.44. The first-order valence-corrected chi connectivity index (χ1v) is 12.9. The number of dihydropyridines is 1. The van der Waals surface area contributed by atoms with Crippen LogP contribution in [0.2, 0.25) is 0 Å². The SMILES string of the molecule is COc1cc([C@H]2C(C(=O)N3CCCCC3)=C(C)NC3=C2C(=O)CCC3)ccc1OCc1ccccc1. The van der Waals surface area contributed by atoms with Crippen molar-refractivity contribution in [2.24, 2.45) is 0 Å². The lowest BCUT2D eigenvalue weighted by atomic mass is 9.74. The number of benzene rings is 2. The third-order valence-electron chi connectivity index (χ3n) is 7.41. The quantitative estimate of drug-likeness (QED) is 0.604. The predicted molar refractivity (Wildman–Crippen MR) is 139 cm³/mol. The minimum atomic E-state index is -0.416.